The van der Waals surface area contributed by atoms with Gasteiger partial charge in [-0.25, -0.2) is 8.78 Å². The number of hydrogen-bond donors (Lipinski definition) is 1. The number of allylic oxidation sites excluding steroid dienone is 1. The topological polar surface area (TPSA) is 65.0 Å². The molecule has 0 spiro atoms. The zero-order valence-corrected chi connectivity index (χ0v) is 20.7. The second kappa shape index (κ2) is 10.8. The number of benzene rings is 2. The first kappa shape index (κ1) is 25.2. The highest BCUT2D eigenvalue weighted by molar-refractivity contribution is 8.00. The van der Waals surface area contributed by atoms with E-state index < -0.39 is 5.92 Å². The fourth-order valence-corrected chi connectivity index (χ4v) is 4.74. The largest absolute Gasteiger partial charge is 0.335 e. The van der Waals surface area contributed by atoms with Crippen LogP contribution in [-0.2, 0) is 10.7 Å². The van der Waals surface area contributed by atoms with E-state index in [1.807, 2.05) is 6.08 Å². The Bertz CT molecular complexity index is 1160. The molecule has 1 fully saturated rings. The SMILES string of the molecule is CC(F)(F)c1ccc(Cl)c(SNc2ccc(C(=O)N3CCN(C(=O)C4=NC=CCC4)CC3)cc2)c1. The number of carbonyl (C=O) groups excluding carboxylic acids is 2. The Labute approximate surface area is 212 Å². The third-order valence-electron chi connectivity index (χ3n) is 5.83. The van der Waals surface area contributed by atoms with Gasteiger partial charge in [0.2, 0.25) is 0 Å². The van der Waals surface area contributed by atoms with Gasteiger partial charge in [0.05, 0.1) is 5.02 Å². The number of anilines is 1. The lowest BCUT2D eigenvalue weighted by Crippen LogP contribution is -2.52. The maximum atomic E-state index is 13.6. The first-order chi connectivity index (χ1) is 16.7. The van der Waals surface area contributed by atoms with Gasteiger partial charge in [-0.05, 0) is 61.2 Å². The van der Waals surface area contributed by atoms with Crippen molar-refractivity contribution in [2.24, 2.45) is 4.99 Å². The highest BCUT2D eigenvalue weighted by Crippen LogP contribution is 2.34. The molecule has 184 valence electrons. The predicted molar refractivity (Wildman–Crippen MR) is 135 cm³/mol. The average Bonchev–Trinajstić information content (AvgIpc) is 2.87. The van der Waals surface area contributed by atoms with Crippen molar-refractivity contribution in [3.63, 3.8) is 0 Å². The van der Waals surface area contributed by atoms with E-state index in [1.54, 1.807) is 40.3 Å². The molecular formula is C25H25ClF2N4O2S. The number of piperazine rings is 1. The van der Waals surface area contributed by atoms with Gasteiger partial charge in [-0.15, -0.1) is 0 Å². The third-order valence-corrected chi connectivity index (χ3v) is 7.17. The molecule has 2 amide bonds. The molecule has 0 bridgehead atoms. The number of rotatable bonds is 6. The monoisotopic (exact) mass is 518 g/mol. The van der Waals surface area contributed by atoms with E-state index in [-0.39, 0.29) is 17.4 Å². The van der Waals surface area contributed by atoms with Gasteiger partial charge in [0.25, 0.3) is 17.7 Å². The minimum absolute atomic E-state index is 0.0531. The van der Waals surface area contributed by atoms with Gasteiger partial charge in [-0.2, -0.15) is 0 Å². The molecule has 0 saturated carbocycles. The first-order valence-corrected chi connectivity index (χ1v) is 12.4. The van der Waals surface area contributed by atoms with Crippen molar-refractivity contribution in [2.45, 2.75) is 30.6 Å². The van der Waals surface area contributed by atoms with Gasteiger partial charge in [0.1, 0.15) is 5.71 Å². The lowest BCUT2D eigenvalue weighted by atomic mass is 10.1. The molecule has 0 aliphatic carbocycles. The van der Waals surface area contributed by atoms with Crippen LogP contribution in [0, 0.1) is 0 Å². The maximum absolute atomic E-state index is 13.6. The van der Waals surface area contributed by atoms with Crippen LogP contribution in [0.3, 0.4) is 0 Å². The predicted octanol–water partition coefficient (Wildman–Crippen LogP) is 5.60. The normalized spacial score (nSPS) is 16.2. The van der Waals surface area contributed by atoms with E-state index in [0.717, 1.165) is 25.3 Å². The summed E-state index contributed by atoms with van der Waals surface area (Å²) in [7, 11) is 0. The molecule has 6 nitrogen and oxygen atoms in total. The van der Waals surface area contributed by atoms with E-state index in [0.29, 0.717) is 59.5 Å². The van der Waals surface area contributed by atoms with E-state index >= 15 is 0 Å². The van der Waals surface area contributed by atoms with Gasteiger partial charge in [0, 0.05) is 61.0 Å². The molecule has 10 heteroatoms. The Morgan fingerprint density at radius 1 is 1.03 bits per heavy atom. The van der Waals surface area contributed by atoms with Crippen molar-refractivity contribution < 1.29 is 18.4 Å². The summed E-state index contributed by atoms with van der Waals surface area (Å²) < 4.78 is 30.3. The van der Waals surface area contributed by atoms with Crippen LogP contribution in [0.2, 0.25) is 5.02 Å². The lowest BCUT2D eigenvalue weighted by Gasteiger charge is -2.35. The fourth-order valence-electron chi connectivity index (χ4n) is 3.79. The first-order valence-electron chi connectivity index (χ1n) is 11.2. The molecule has 2 aromatic carbocycles. The van der Waals surface area contributed by atoms with Crippen molar-refractivity contribution in [3.05, 3.63) is 70.9 Å². The van der Waals surface area contributed by atoms with E-state index in [4.69, 9.17) is 11.6 Å². The minimum atomic E-state index is -2.96. The highest BCUT2D eigenvalue weighted by Gasteiger charge is 2.27. The number of nitrogens with zero attached hydrogens (tertiary/aromatic N) is 3. The molecule has 2 aliphatic heterocycles. The Hall–Kier alpha value is -2.91. The zero-order valence-electron chi connectivity index (χ0n) is 19.1. The summed E-state index contributed by atoms with van der Waals surface area (Å²) >= 11 is 7.27. The number of amides is 2. The quantitative estimate of drug-likeness (QED) is 0.505. The van der Waals surface area contributed by atoms with Crippen LogP contribution in [0.5, 0.6) is 0 Å². The number of carbonyl (C=O) groups is 2. The summed E-state index contributed by atoms with van der Waals surface area (Å²) in [4.78, 5) is 33.7. The number of hydrogen-bond acceptors (Lipinski definition) is 5. The molecule has 1 saturated heterocycles. The van der Waals surface area contributed by atoms with Crippen LogP contribution in [0.15, 0.2) is 64.6 Å². The highest BCUT2D eigenvalue weighted by atomic mass is 35.5. The Kier molecular flexibility index (Phi) is 7.76. The standard InChI is InChI=1S/C25H25ClF2N4O2S/c1-25(27,28)18-7-10-20(26)22(16-18)35-30-19-8-5-17(6-9-19)23(33)31-12-14-32(15-13-31)24(34)21-4-2-3-11-29-21/h3,5-11,16,30H,2,4,12-15H2,1H3. The van der Waals surface area contributed by atoms with Crippen molar-refractivity contribution >= 4 is 46.8 Å². The number of alkyl halides is 2. The van der Waals surface area contributed by atoms with Crippen LogP contribution < -0.4 is 4.72 Å². The smallest absolute Gasteiger partial charge is 0.270 e. The van der Waals surface area contributed by atoms with Gasteiger partial charge >= 0.3 is 0 Å². The number of halogens is 3. The second-order valence-corrected chi connectivity index (χ2v) is 9.65. The molecule has 0 radical (unpaired) electrons. The van der Waals surface area contributed by atoms with Crippen molar-refractivity contribution in [2.75, 3.05) is 30.9 Å². The molecule has 2 aliphatic rings. The maximum Gasteiger partial charge on any atom is 0.270 e. The van der Waals surface area contributed by atoms with Gasteiger partial charge in [0.15, 0.2) is 0 Å². The van der Waals surface area contributed by atoms with Crippen LogP contribution in [0.25, 0.3) is 0 Å². The van der Waals surface area contributed by atoms with E-state index in [1.165, 1.54) is 18.2 Å². The number of nitrogens with one attached hydrogen (secondary N) is 1. The minimum Gasteiger partial charge on any atom is -0.335 e. The molecule has 0 aromatic heterocycles. The molecular weight excluding hydrogens is 494 g/mol. The van der Waals surface area contributed by atoms with Crippen LogP contribution in [0.4, 0.5) is 14.5 Å². The van der Waals surface area contributed by atoms with Gasteiger partial charge in [-0.1, -0.05) is 23.7 Å². The molecule has 2 heterocycles. The van der Waals surface area contributed by atoms with Crippen molar-refractivity contribution in [3.8, 4) is 0 Å². The summed E-state index contributed by atoms with van der Waals surface area (Å²) in [6.45, 7) is 2.70. The van der Waals surface area contributed by atoms with E-state index in [2.05, 4.69) is 9.71 Å². The summed E-state index contributed by atoms with van der Waals surface area (Å²) in [6.07, 6.45) is 5.08. The fraction of sp³-hybridized carbons (Fsp3) is 0.320. The van der Waals surface area contributed by atoms with Gasteiger partial charge in [-0.3, -0.25) is 14.6 Å². The van der Waals surface area contributed by atoms with E-state index in [9.17, 15) is 18.4 Å². The molecule has 0 unspecified atom stereocenters. The Morgan fingerprint density at radius 2 is 1.69 bits per heavy atom. The Morgan fingerprint density at radius 3 is 2.29 bits per heavy atom. The summed E-state index contributed by atoms with van der Waals surface area (Å²) in [5.74, 6) is -3.11. The molecule has 35 heavy (non-hydrogen) atoms. The number of aliphatic imine (C=N–C) groups is 1. The summed E-state index contributed by atoms with van der Waals surface area (Å²) in [6, 6.07) is 11.0. The van der Waals surface area contributed by atoms with Crippen LogP contribution >= 0.6 is 23.5 Å². The average molecular weight is 519 g/mol. The van der Waals surface area contributed by atoms with Gasteiger partial charge < -0.3 is 14.5 Å². The summed E-state index contributed by atoms with van der Waals surface area (Å²) in [5.41, 5.74) is 1.70. The second-order valence-electron chi connectivity index (χ2n) is 8.40. The molecule has 2 aromatic rings. The van der Waals surface area contributed by atoms with Crippen LogP contribution in [0.1, 0.15) is 35.7 Å². The molecule has 1 N–H and O–H groups in total. The lowest BCUT2D eigenvalue weighted by molar-refractivity contribution is -0.125. The van der Waals surface area contributed by atoms with Crippen LogP contribution in [-0.4, -0.2) is 53.5 Å². The molecule has 0 atom stereocenters. The Balaban J connectivity index is 1.31. The van der Waals surface area contributed by atoms with Crippen molar-refractivity contribution in [1.29, 1.82) is 0 Å². The van der Waals surface area contributed by atoms with Crippen molar-refractivity contribution in [1.82, 2.24) is 9.80 Å². The third kappa shape index (κ3) is 6.21. The molecule has 4 rings (SSSR count). The zero-order chi connectivity index (χ0) is 25.0. The summed E-state index contributed by atoms with van der Waals surface area (Å²) in [5, 5.41) is 0.368.